The molecule has 0 unspecified atom stereocenters. The van der Waals surface area contributed by atoms with Crippen molar-refractivity contribution in [1.29, 1.82) is 0 Å². The maximum absolute atomic E-state index is 12.4. The van der Waals surface area contributed by atoms with Crippen molar-refractivity contribution in [3.05, 3.63) is 88.7 Å². The number of nitrogens with one attached hydrogen (secondary N) is 1. The lowest BCUT2D eigenvalue weighted by atomic mass is 9.88. The smallest absolute Gasteiger partial charge is 0.220 e. The van der Waals surface area contributed by atoms with Crippen molar-refractivity contribution in [3.8, 4) is 0 Å². The van der Waals surface area contributed by atoms with Crippen LogP contribution in [-0.2, 0) is 18.3 Å². The van der Waals surface area contributed by atoms with E-state index in [2.05, 4.69) is 65.9 Å². The second kappa shape index (κ2) is 9.36. The fraction of sp³-hybridized carbons (Fsp3) is 0.333. The highest BCUT2D eigenvalue weighted by Gasteiger charge is 2.15. The maximum Gasteiger partial charge on any atom is 0.220 e. The van der Waals surface area contributed by atoms with Crippen LogP contribution in [0.15, 0.2) is 60.7 Å². The van der Waals surface area contributed by atoms with Crippen LogP contribution in [0.1, 0.15) is 46.8 Å². The third-order valence-corrected chi connectivity index (χ3v) is 5.42. The quantitative estimate of drug-likeness (QED) is 0.638. The lowest BCUT2D eigenvalue weighted by Crippen LogP contribution is -2.26. The summed E-state index contributed by atoms with van der Waals surface area (Å²) in [7, 11) is 1.94. The van der Waals surface area contributed by atoms with Crippen LogP contribution in [0.5, 0.6) is 0 Å². The number of hydrogen-bond donors (Lipinski definition) is 1. The molecule has 0 radical (unpaired) electrons. The Morgan fingerprint density at radius 2 is 1.57 bits per heavy atom. The van der Waals surface area contributed by atoms with Crippen LogP contribution < -0.4 is 5.32 Å². The predicted molar refractivity (Wildman–Crippen MR) is 113 cm³/mol. The standard InChI is InChI=1S/C24H29N3O/c1-18-22(19(2)27(3)26-18)14-15-24(28)25-17-16-23(20-10-6-4-7-11-20)21-12-8-5-9-13-21/h4-13,23H,14-17H2,1-3H3,(H,25,28). The van der Waals surface area contributed by atoms with Crippen molar-refractivity contribution in [1.82, 2.24) is 15.1 Å². The second-order valence-electron chi connectivity index (χ2n) is 7.29. The van der Waals surface area contributed by atoms with Crippen LogP contribution in [0.25, 0.3) is 0 Å². The molecule has 0 atom stereocenters. The molecule has 1 N–H and O–H groups in total. The number of carbonyl (C=O) groups is 1. The fourth-order valence-electron chi connectivity index (χ4n) is 3.76. The van der Waals surface area contributed by atoms with E-state index < -0.39 is 0 Å². The van der Waals surface area contributed by atoms with Crippen LogP contribution in [0, 0.1) is 13.8 Å². The molecule has 146 valence electrons. The minimum absolute atomic E-state index is 0.0996. The summed E-state index contributed by atoms with van der Waals surface area (Å²) in [6, 6.07) is 21.0. The largest absolute Gasteiger partial charge is 0.356 e. The average Bonchev–Trinajstić information content (AvgIpc) is 2.96. The summed E-state index contributed by atoms with van der Waals surface area (Å²) in [5.74, 6) is 0.382. The molecule has 3 rings (SSSR count). The first-order chi connectivity index (χ1) is 13.6. The Morgan fingerprint density at radius 1 is 1.00 bits per heavy atom. The highest BCUT2D eigenvalue weighted by Crippen LogP contribution is 2.27. The number of carbonyl (C=O) groups excluding carboxylic acids is 1. The molecular weight excluding hydrogens is 346 g/mol. The molecule has 0 bridgehead atoms. The van der Waals surface area contributed by atoms with Gasteiger partial charge < -0.3 is 5.32 Å². The summed E-state index contributed by atoms with van der Waals surface area (Å²) in [6.07, 6.45) is 2.11. The van der Waals surface area contributed by atoms with E-state index >= 15 is 0 Å². The van der Waals surface area contributed by atoms with Crippen molar-refractivity contribution < 1.29 is 4.79 Å². The minimum atomic E-state index is 0.0996. The third-order valence-electron chi connectivity index (χ3n) is 5.42. The van der Waals surface area contributed by atoms with Crippen molar-refractivity contribution in [3.63, 3.8) is 0 Å². The number of aromatic nitrogens is 2. The lowest BCUT2D eigenvalue weighted by molar-refractivity contribution is -0.121. The molecule has 3 aromatic rings. The number of aryl methyl sites for hydroxylation is 2. The normalized spacial score (nSPS) is 11.0. The zero-order valence-corrected chi connectivity index (χ0v) is 17.0. The molecule has 2 aromatic carbocycles. The summed E-state index contributed by atoms with van der Waals surface area (Å²) in [5, 5.41) is 7.53. The summed E-state index contributed by atoms with van der Waals surface area (Å²) < 4.78 is 1.88. The van der Waals surface area contributed by atoms with E-state index in [9.17, 15) is 4.79 Å². The van der Waals surface area contributed by atoms with Gasteiger partial charge in [0.2, 0.25) is 5.91 Å². The Morgan fingerprint density at radius 3 is 2.07 bits per heavy atom. The van der Waals surface area contributed by atoms with Crippen LogP contribution in [0.3, 0.4) is 0 Å². The highest BCUT2D eigenvalue weighted by molar-refractivity contribution is 5.76. The van der Waals surface area contributed by atoms with E-state index in [1.807, 2.05) is 30.8 Å². The van der Waals surface area contributed by atoms with Crippen LogP contribution >= 0.6 is 0 Å². The number of rotatable bonds is 8. The number of nitrogens with zero attached hydrogens (tertiary/aromatic N) is 2. The van der Waals surface area contributed by atoms with Crippen LogP contribution in [-0.4, -0.2) is 22.2 Å². The number of benzene rings is 2. The first-order valence-electron chi connectivity index (χ1n) is 9.92. The van der Waals surface area contributed by atoms with Gasteiger partial charge in [-0.15, -0.1) is 0 Å². The summed E-state index contributed by atoms with van der Waals surface area (Å²) >= 11 is 0. The van der Waals surface area contributed by atoms with Gasteiger partial charge in [-0.2, -0.15) is 5.10 Å². The fourth-order valence-corrected chi connectivity index (χ4v) is 3.76. The number of hydrogen-bond acceptors (Lipinski definition) is 2. The molecule has 0 saturated carbocycles. The molecule has 0 saturated heterocycles. The number of amides is 1. The second-order valence-corrected chi connectivity index (χ2v) is 7.29. The van der Waals surface area contributed by atoms with Crippen LogP contribution in [0.2, 0.25) is 0 Å². The first kappa shape index (κ1) is 19.9. The molecule has 0 aliphatic carbocycles. The van der Waals surface area contributed by atoms with Crippen molar-refractivity contribution >= 4 is 5.91 Å². The SMILES string of the molecule is Cc1nn(C)c(C)c1CCC(=O)NCCC(c1ccccc1)c1ccccc1. The van der Waals surface area contributed by atoms with Gasteiger partial charge in [0.15, 0.2) is 0 Å². The van der Waals surface area contributed by atoms with Crippen molar-refractivity contribution in [2.45, 2.75) is 39.0 Å². The van der Waals surface area contributed by atoms with Gasteiger partial charge in [-0.1, -0.05) is 60.7 Å². The van der Waals surface area contributed by atoms with Gasteiger partial charge in [0.25, 0.3) is 0 Å². The zero-order valence-electron chi connectivity index (χ0n) is 17.0. The van der Waals surface area contributed by atoms with Gasteiger partial charge in [0, 0.05) is 31.6 Å². The van der Waals surface area contributed by atoms with Gasteiger partial charge in [-0.05, 0) is 43.4 Å². The molecule has 4 nitrogen and oxygen atoms in total. The van der Waals surface area contributed by atoms with Crippen LogP contribution in [0.4, 0.5) is 0 Å². The van der Waals surface area contributed by atoms with Crippen molar-refractivity contribution in [2.75, 3.05) is 6.54 Å². The van der Waals surface area contributed by atoms with E-state index in [0.29, 0.717) is 13.0 Å². The highest BCUT2D eigenvalue weighted by atomic mass is 16.1. The van der Waals surface area contributed by atoms with E-state index in [0.717, 1.165) is 24.2 Å². The first-order valence-corrected chi connectivity index (χ1v) is 9.92. The Kier molecular flexibility index (Phi) is 6.64. The molecule has 4 heteroatoms. The molecule has 0 aliphatic heterocycles. The Hall–Kier alpha value is -2.88. The summed E-state index contributed by atoms with van der Waals surface area (Å²) in [5.41, 5.74) is 5.90. The van der Waals surface area contributed by atoms with E-state index in [1.165, 1.54) is 16.7 Å². The summed E-state index contributed by atoms with van der Waals surface area (Å²) in [6.45, 7) is 4.72. The van der Waals surface area contributed by atoms with Gasteiger partial charge in [-0.25, -0.2) is 0 Å². The van der Waals surface area contributed by atoms with Gasteiger partial charge in [0.05, 0.1) is 5.69 Å². The van der Waals surface area contributed by atoms with Gasteiger partial charge in [-0.3, -0.25) is 9.48 Å². The average molecular weight is 376 g/mol. The Balaban J connectivity index is 1.56. The monoisotopic (exact) mass is 375 g/mol. The van der Waals surface area contributed by atoms with E-state index in [1.54, 1.807) is 0 Å². The Bertz CT molecular complexity index is 861. The molecule has 1 amide bonds. The minimum Gasteiger partial charge on any atom is -0.356 e. The topological polar surface area (TPSA) is 46.9 Å². The predicted octanol–water partition coefficient (Wildman–Crippen LogP) is 4.31. The zero-order chi connectivity index (χ0) is 19.9. The molecule has 0 spiro atoms. The summed E-state index contributed by atoms with van der Waals surface area (Å²) in [4.78, 5) is 12.4. The molecule has 0 aliphatic rings. The lowest BCUT2D eigenvalue weighted by Gasteiger charge is -2.18. The molecule has 28 heavy (non-hydrogen) atoms. The molecule has 1 heterocycles. The molecular formula is C24H29N3O. The van der Waals surface area contributed by atoms with E-state index in [-0.39, 0.29) is 11.8 Å². The van der Waals surface area contributed by atoms with Crippen molar-refractivity contribution in [2.24, 2.45) is 7.05 Å². The maximum atomic E-state index is 12.4. The molecule has 0 fully saturated rings. The molecule has 1 aromatic heterocycles. The van der Waals surface area contributed by atoms with Gasteiger partial charge in [0.1, 0.15) is 0 Å². The Labute approximate surface area is 167 Å². The van der Waals surface area contributed by atoms with E-state index in [4.69, 9.17) is 0 Å². The third kappa shape index (κ3) is 4.89. The van der Waals surface area contributed by atoms with Gasteiger partial charge >= 0.3 is 0 Å².